The number of nitrogens with zero attached hydrogens (tertiary/aromatic N) is 4. The van der Waals surface area contributed by atoms with Gasteiger partial charge in [0.05, 0.1) is 35.3 Å². The standard InChI is InChI=1S/C23H22F2N4O5/c1-33-20-12-18(19(29(31)32)13-21(20)34-23(24)25)6-7-22(30)28-10-8-27(9-11-28)15-17-4-2-16(14-26)3-5-17/h2-7,12-13,23H,8-11,15H2,1H3/b7-6+. The van der Waals surface area contributed by atoms with Crippen molar-refractivity contribution in [3.63, 3.8) is 0 Å². The third kappa shape index (κ3) is 6.26. The van der Waals surface area contributed by atoms with E-state index in [4.69, 9.17) is 10.00 Å². The quantitative estimate of drug-likeness (QED) is 0.329. The third-order valence-electron chi connectivity index (χ3n) is 5.30. The zero-order valence-corrected chi connectivity index (χ0v) is 18.3. The van der Waals surface area contributed by atoms with Crippen LogP contribution >= 0.6 is 0 Å². The lowest BCUT2D eigenvalue weighted by molar-refractivity contribution is -0.385. The van der Waals surface area contributed by atoms with E-state index in [-0.39, 0.29) is 17.2 Å². The molecule has 178 valence electrons. The highest BCUT2D eigenvalue weighted by Gasteiger charge is 2.22. The highest BCUT2D eigenvalue weighted by atomic mass is 19.3. The summed E-state index contributed by atoms with van der Waals surface area (Å²) in [6.07, 6.45) is 2.48. The first-order valence-corrected chi connectivity index (χ1v) is 10.3. The van der Waals surface area contributed by atoms with Gasteiger partial charge in [0.2, 0.25) is 5.91 Å². The van der Waals surface area contributed by atoms with E-state index in [1.807, 2.05) is 12.1 Å². The number of benzene rings is 2. The fraction of sp³-hybridized carbons (Fsp3) is 0.304. The van der Waals surface area contributed by atoms with Crippen molar-refractivity contribution in [1.82, 2.24) is 9.80 Å². The Bertz CT molecular complexity index is 1110. The largest absolute Gasteiger partial charge is 0.493 e. The minimum atomic E-state index is -3.17. The number of nitriles is 1. The summed E-state index contributed by atoms with van der Waals surface area (Å²) in [5.41, 5.74) is 1.20. The Morgan fingerprint density at radius 1 is 1.21 bits per heavy atom. The van der Waals surface area contributed by atoms with Gasteiger partial charge in [0.1, 0.15) is 0 Å². The summed E-state index contributed by atoms with van der Waals surface area (Å²) in [5, 5.41) is 20.3. The fourth-order valence-electron chi connectivity index (χ4n) is 3.54. The van der Waals surface area contributed by atoms with Crippen molar-refractivity contribution in [1.29, 1.82) is 5.26 Å². The number of piperazine rings is 1. The van der Waals surface area contributed by atoms with Gasteiger partial charge < -0.3 is 14.4 Å². The molecule has 0 radical (unpaired) electrons. The SMILES string of the molecule is COc1cc(/C=C/C(=O)N2CCN(Cc3ccc(C#N)cc3)CC2)c([N+](=O)[O-])cc1OC(F)F. The van der Waals surface area contributed by atoms with E-state index >= 15 is 0 Å². The molecule has 0 bridgehead atoms. The minimum Gasteiger partial charge on any atom is -0.493 e. The van der Waals surface area contributed by atoms with Gasteiger partial charge >= 0.3 is 6.61 Å². The van der Waals surface area contributed by atoms with Crippen LogP contribution in [0.15, 0.2) is 42.5 Å². The molecule has 2 aromatic rings. The molecular formula is C23H22F2N4O5. The van der Waals surface area contributed by atoms with Crippen LogP contribution in [-0.4, -0.2) is 60.5 Å². The van der Waals surface area contributed by atoms with E-state index in [1.54, 1.807) is 17.0 Å². The summed E-state index contributed by atoms with van der Waals surface area (Å²) in [7, 11) is 1.22. The average molecular weight is 472 g/mol. The topological polar surface area (TPSA) is 109 Å². The Morgan fingerprint density at radius 3 is 2.44 bits per heavy atom. The van der Waals surface area contributed by atoms with Crippen LogP contribution in [0, 0.1) is 21.4 Å². The van der Waals surface area contributed by atoms with Crippen molar-refractivity contribution in [2.75, 3.05) is 33.3 Å². The Balaban J connectivity index is 1.64. The monoisotopic (exact) mass is 472 g/mol. The molecule has 9 nitrogen and oxygen atoms in total. The summed E-state index contributed by atoms with van der Waals surface area (Å²) in [4.78, 5) is 27.1. The van der Waals surface area contributed by atoms with E-state index in [0.29, 0.717) is 38.3 Å². The number of rotatable bonds is 8. The maximum atomic E-state index is 12.6. The molecule has 1 amide bonds. The molecule has 0 N–H and O–H groups in total. The van der Waals surface area contributed by atoms with Crippen LogP contribution in [-0.2, 0) is 11.3 Å². The molecule has 11 heteroatoms. The molecule has 0 atom stereocenters. The van der Waals surface area contributed by atoms with Crippen molar-refractivity contribution in [2.45, 2.75) is 13.2 Å². The number of hydrogen-bond acceptors (Lipinski definition) is 7. The highest BCUT2D eigenvalue weighted by molar-refractivity contribution is 5.92. The van der Waals surface area contributed by atoms with E-state index in [9.17, 15) is 23.7 Å². The number of nitro benzene ring substituents is 1. The number of hydrogen-bond donors (Lipinski definition) is 0. The van der Waals surface area contributed by atoms with Gasteiger partial charge in [-0.1, -0.05) is 12.1 Å². The van der Waals surface area contributed by atoms with Gasteiger partial charge in [-0.15, -0.1) is 0 Å². The molecule has 0 unspecified atom stereocenters. The molecule has 1 aliphatic rings. The van der Waals surface area contributed by atoms with E-state index in [0.717, 1.165) is 11.6 Å². The fourth-order valence-corrected chi connectivity index (χ4v) is 3.54. The first-order chi connectivity index (χ1) is 16.3. The van der Waals surface area contributed by atoms with Crippen LogP contribution in [0.2, 0.25) is 0 Å². The van der Waals surface area contributed by atoms with Crippen LogP contribution in [0.3, 0.4) is 0 Å². The Hall–Kier alpha value is -4.04. The summed E-state index contributed by atoms with van der Waals surface area (Å²) in [6, 6.07) is 11.4. The molecule has 0 aromatic heterocycles. The Kier molecular flexibility index (Phi) is 8.10. The van der Waals surface area contributed by atoms with Crippen LogP contribution in [0.25, 0.3) is 6.08 Å². The van der Waals surface area contributed by atoms with Crippen molar-refractivity contribution < 1.29 is 28.0 Å². The Morgan fingerprint density at radius 2 is 1.88 bits per heavy atom. The summed E-state index contributed by atoms with van der Waals surface area (Å²) in [5.74, 6) is -0.903. The Labute approximate surface area is 194 Å². The van der Waals surface area contributed by atoms with E-state index in [2.05, 4.69) is 15.7 Å². The number of methoxy groups -OCH3 is 1. The maximum Gasteiger partial charge on any atom is 0.387 e. The van der Waals surface area contributed by atoms with Crippen LogP contribution in [0.4, 0.5) is 14.5 Å². The lowest BCUT2D eigenvalue weighted by Gasteiger charge is -2.34. The summed E-state index contributed by atoms with van der Waals surface area (Å²) < 4.78 is 34.4. The first-order valence-electron chi connectivity index (χ1n) is 10.3. The van der Waals surface area contributed by atoms with Crippen molar-refractivity contribution >= 4 is 17.7 Å². The first kappa shape index (κ1) is 24.6. The molecule has 1 saturated heterocycles. The summed E-state index contributed by atoms with van der Waals surface area (Å²) >= 11 is 0. The van der Waals surface area contributed by atoms with Gasteiger partial charge in [-0.05, 0) is 29.8 Å². The maximum absolute atomic E-state index is 12.6. The van der Waals surface area contributed by atoms with Crippen molar-refractivity contribution in [3.05, 3.63) is 69.3 Å². The number of ether oxygens (including phenoxy) is 2. The minimum absolute atomic E-state index is 0.0243. The second-order valence-electron chi connectivity index (χ2n) is 7.44. The normalized spacial score (nSPS) is 14.3. The molecular weight excluding hydrogens is 450 g/mol. The number of carbonyl (C=O) groups excluding carboxylic acids is 1. The van der Waals surface area contributed by atoms with E-state index in [1.165, 1.54) is 25.3 Å². The lowest BCUT2D eigenvalue weighted by atomic mass is 10.1. The number of alkyl halides is 2. The molecule has 0 saturated carbocycles. The number of amides is 1. The van der Waals surface area contributed by atoms with Crippen LogP contribution in [0.5, 0.6) is 11.5 Å². The van der Waals surface area contributed by atoms with Gasteiger partial charge in [0, 0.05) is 38.8 Å². The zero-order chi connectivity index (χ0) is 24.7. The molecule has 34 heavy (non-hydrogen) atoms. The molecule has 0 aliphatic carbocycles. The van der Waals surface area contributed by atoms with Crippen molar-refractivity contribution in [3.8, 4) is 17.6 Å². The number of nitro groups is 1. The predicted octanol–water partition coefficient (Wildman–Crippen LogP) is 3.43. The highest BCUT2D eigenvalue weighted by Crippen LogP contribution is 2.36. The van der Waals surface area contributed by atoms with Crippen LogP contribution < -0.4 is 9.47 Å². The third-order valence-corrected chi connectivity index (χ3v) is 5.30. The van der Waals surface area contributed by atoms with Gasteiger partial charge in [-0.2, -0.15) is 14.0 Å². The average Bonchev–Trinajstić information content (AvgIpc) is 2.83. The molecule has 0 spiro atoms. The van der Waals surface area contributed by atoms with Gasteiger partial charge in [0.15, 0.2) is 11.5 Å². The zero-order valence-electron chi connectivity index (χ0n) is 18.3. The second kappa shape index (κ2) is 11.2. The molecule has 1 heterocycles. The van der Waals surface area contributed by atoms with Crippen LogP contribution in [0.1, 0.15) is 16.7 Å². The molecule has 3 rings (SSSR count). The molecule has 1 fully saturated rings. The second-order valence-corrected chi connectivity index (χ2v) is 7.44. The molecule has 1 aliphatic heterocycles. The van der Waals surface area contributed by atoms with Crippen molar-refractivity contribution in [2.24, 2.45) is 0 Å². The smallest absolute Gasteiger partial charge is 0.387 e. The predicted molar refractivity (Wildman–Crippen MR) is 118 cm³/mol. The van der Waals surface area contributed by atoms with Gasteiger partial charge in [0.25, 0.3) is 5.69 Å². The lowest BCUT2D eigenvalue weighted by Crippen LogP contribution is -2.47. The van der Waals surface area contributed by atoms with E-state index < -0.39 is 23.0 Å². The molecule has 2 aromatic carbocycles. The van der Waals surface area contributed by atoms with Gasteiger partial charge in [-0.25, -0.2) is 0 Å². The van der Waals surface area contributed by atoms with Gasteiger partial charge in [-0.3, -0.25) is 19.8 Å². The number of halogens is 2. The summed E-state index contributed by atoms with van der Waals surface area (Å²) in [6.45, 7) is -0.228. The number of carbonyl (C=O) groups is 1.